The van der Waals surface area contributed by atoms with Crippen molar-refractivity contribution in [1.29, 1.82) is 0 Å². The lowest BCUT2D eigenvalue weighted by Gasteiger charge is -2.30. The first-order chi connectivity index (χ1) is 4.86. The van der Waals surface area contributed by atoms with Crippen molar-refractivity contribution in [3.63, 3.8) is 0 Å². The molecule has 3 nitrogen and oxygen atoms in total. The van der Waals surface area contributed by atoms with E-state index in [1.54, 1.807) is 0 Å². The van der Waals surface area contributed by atoms with E-state index in [0.29, 0.717) is 6.04 Å². The second-order valence-corrected chi connectivity index (χ2v) is 3.22. The van der Waals surface area contributed by atoms with E-state index in [9.17, 15) is 5.11 Å². The molecule has 2 N–H and O–H groups in total. The molecule has 5 heteroatoms. The van der Waals surface area contributed by atoms with Gasteiger partial charge in [0.05, 0.1) is 6.10 Å². The van der Waals surface area contributed by atoms with Gasteiger partial charge in [0.1, 0.15) is 0 Å². The zero-order valence-corrected chi connectivity index (χ0v) is 8.53. The van der Waals surface area contributed by atoms with Crippen molar-refractivity contribution in [1.82, 2.24) is 10.2 Å². The number of halogens is 2. The van der Waals surface area contributed by atoms with Crippen molar-refractivity contribution < 1.29 is 5.11 Å². The van der Waals surface area contributed by atoms with Crippen LogP contribution in [0, 0.1) is 0 Å². The number of nitrogens with zero attached hydrogens (tertiary/aromatic N) is 1. The minimum Gasteiger partial charge on any atom is -0.390 e. The summed E-state index contributed by atoms with van der Waals surface area (Å²) in [7, 11) is 0. The lowest BCUT2D eigenvalue weighted by Crippen LogP contribution is -2.47. The van der Waals surface area contributed by atoms with E-state index in [-0.39, 0.29) is 30.9 Å². The molecule has 0 amide bonds. The van der Waals surface area contributed by atoms with Crippen LogP contribution < -0.4 is 5.32 Å². The first kappa shape index (κ1) is 12.5. The first-order valence-electron chi connectivity index (χ1n) is 4.00. The number of hydrogen-bond donors (Lipinski definition) is 2. The molecule has 0 aromatic carbocycles. The molecule has 3 aliphatic heterocycles. The quantitative estimate of drug-likeness (QED) is 0.590. The van der Waals surface area contributed by atoms with Crippen LogP contribution in [0.2, 0.25) is 0 Å². The Labute approximate surface area is 85.3 Å². The smallest absolute Gasteiger partial charge is 0.0820 e. The van der Waals surface area contributed by atoms with Crippen molar-refractivity contribution in [2.75, 3.05) is 26.2 Å². The molecule has 0 aliphatic carbocycles. The molecule has 0 aromatic heterocycles. The molecule has 3 saturated heterocycles. The normalized spacial score (nSPS) is 39.2. The van der Waals surface area contributed by atoms with Gasteiger partial charge in [0, 0.05) is 25.7 Å². The van der Waals surface area contributed by atoms with Crippen LogP contribution in [-0.2, 0) is 0 Å². The largest absolute Gasteiger partial charge is 0.390 e. The highest BCUT2D eigenvalue weighted by Crippen LogP contribution is 2.13. The average molecular weight is 215 g/mol. The van der Waals surface area contributed by atoms with Gasteiger partial charge in [0.25, 0.3) is 0 Å². The van der Waals surface area contributed by atoms with E-state index in [1.807, 2.05) is 0 Å². The van der Waals surface area contributed by atoms with Crippen molar-refractivity contribution in [2.45, 2.75) is 18.6 Å². The molecule has 0 radical (unpaired) electrons. The van der Waals surface area contributed by atoms with Gasteiger partial charge in [-0.25, -0.2) is 0 Å². The fourth-order valence-electron chi connectivity index (χ4n) is 1.85. The van der Waals surface area contributed by atoms with Crippen molar-refractivity contribution in [3.05, 3.63) is 0 Å². The summed E-state index contributed by atoms with van der Waals surface area (Å²) in [6, 6.07) is 0.374. The van der Waals surface area contributed by atoms with Gasteiger partial charge in [0.2, 0.25) is 0 Å². The van der Waals surface area contributed by atoms with Crippen LogP contribution in [0.4, 0.5) is 0 Å². The molecule has 0 saturated carbocycles. The van der Waals surface area contributed by atoms with Crippen LogP contribution in [-0.4, -0.2) is 48.3 Å². The number of piperidine rings is 1. The minimum absolute atomic E-state index is 0. The number of rotatable bonds is 0. The van der Waals surface area contributed by atoms with Crippen LogP contribution in [0.5, 0.6) is 0 Å². The topological polar surface area (TPSA) is 35.5 Å². The lowest BCUT2D eigenvalue weighted by atomic mass is 10.0. The van der Waals surface area contributed by atoms with Gasteiger partial charge in [0.15, 0.2) is 0 Å². The summed E-state index contributed by atoms with van der Waals surface area (Å²) >= 11 is 0. The van der Waals surface area contributed by atoms with E-state index in [2.05, 4.69) is 10.2 Å². The Balaban J connectivity index is 0.000000605. The molecule has 0 aromatic rings. The van der Waals surface area contributed by atoms with Crippen molar-refractivity contribution in [3.8, 4) is 0 Å². The standard InChI is InChI=1S/C7H14N2O.2ClH/c10-7-5-9-3-1-6(7)8-2-4-9;;/h6-8,10H,1-5H2;2*1H. The molecule has 12 heavy (non-hydrogen) atoms. The highest BCUT2D eigenvalue weighted by atomic mass is 35.5. The van der Waals surface area contributed by atoms with Crippen molar-refractivity contribution >= 4 is 24.8 Å². The van der Waals surface area contributed by atoms with Crippen LogP contribution in [0.25, 0.3) is 0 Å². The highest BCUT2D eigenvalue weighted by molar-refractivity contribution is 5.85. The fraction of sp³-hybridized carbons (Fsp3) is 1.00. The number of nitrogens with one attached hydrogen (secondary N) is 1. The SMILES string of the molecule is Cl.Cl.OC1CN2CCNC1CC2. The summed E-state index contributed by atoms with van der Waals surface area (Å²) in [5.41, 5.74) is 0. The molecule has 3 unspecified atom stereocenters. The van der Waals surface area contributed by atoms with E-state index in [4.69, 9.17) is 0 Å². The van der Waals surface area contributed by atoms with Crippen LogP contribution >= 0.6 is 24.8 Å². The van der Waals surface area contributed by atoms with Gasteiger partial charge in [-0.1, -0.05) is 0 Å². The van der Waals surface area contributed by atoms with E-state index < -0.39 is 0 Å². The second kappa shape index (κ2) is 5.25. The maximum atomic E-state index is 9.48. The van der Waals surface area contributed by atoms with Crippen LogP contribution in [0.3, 0.4) is 0 Å². The third-order valence-electron chi connectivity index (χ3n) is 2.50. The molecule has 0 spiro atoms. The maximum Gasteiger partial charge on any atom is 0.0820 e. The van der Waals surface area contributed by atoms with Gasteiger partial charge in [-0.3, -0.25) is 4.90 Å². The fourth-order valence-corrected chi connectivity index (χ4v) is 1.85. The monoisotopic (exact) mass is 214 g/mol. The molecule has 3 fully saturated rings. The Morgan fingerprint density at radius 1 is 1.25 bits per heavy atom. The maximum absolute atomic E-state index is 9.48. The lowest BCUT2D eigenvalue weighted by molar-refractivity contribution is 0.0644. The Kier molecular flexibility index (Phi) is 5.45. The predicted molar refractivity (Wildman–Crippen MR) is 53.4 cm³/mol. The van der Waals surface area contributed by atoms with Crippen LogP contribution in [0.15, 0.2) is 0 Å². The molecule has 3 aliphatic rings. The zero-order valence-electron chi connectivity index (χ0n) is 6.90. The predicted octanol–water partition coefficient (Wildman–Crippen LogP) is -0.132. The van der Waals surface area contributed by atoms with Gasteiger partial charge in [-0.15, -0.1) is 24.8 Å². The summed E-state index contributed by atoms with van der Waals surface area (Å²) < 4.78 is 0. The molecular formula is C7H16Cl2N2O. The third kappa shape index (κ3) is 2.47. The summed E-state index contributed by atoms with van der Waals surface area (Å²) in [4.78, 5) is 2.32. The Morgan fingerprint density at radius 3 is 2.67 bits per heavy atom. The van der Waals surface area contributed by atoms with Gasteiger partial charge >= 0.3 is 0 Å². The van der Waals surface area contributed by atoms with Crippen LogP contribution in [0.1, 0.15) is 6.42 Å². The van der Waals surface area contributed by atoms with Gasteiger partial charge in [-0.05, 0) is 13.0 Å². The molecule has 74 valence electrons. The number of fused-ring (bicyclic) bond motifs is 4. The Morgan fingerprint density at radius 2 is 2.00 bits per heavy atom. The van der Waals surface area contributed by atoms with Gasteiger partial charge in [-0.2, -0.15) is 0 Å². The summed E-state index contributed by atoms with van der Waals surface area (Å²) in [6.45, 7) is 4.18. The van der Waals surface area contributed by atoms with E-state index in [1.165, 1.54) is 0 Å². The third-order valence-corrected chi connectivity index (χ3v) is 2.50. The molecule has 2 bridgehead atoms. The average Bonchev–Trinajstić information content (AvgIpc) is 2.20. The molecule has 3 rings (SSSR count). The molecule has 3 heterocycles. The van der Waals surface area contributed by atoms with E-state index >= 15 is 0 Å². The minimum atomic E-state index is -0.128. The summed E-state index contributed by atoms with van der Waals surface area (Å²) in [5, 5.41) is 12.8. The first-order valence-corrected chi connectivity index (χ1v) is 4.00. The zero-order chi connectivity index (χ0) is 6.97. The Hall–Kier alpha value is 0.460. The summed E-state index contributed by atoms with van der Waals surface area (Å²) in [5.74, 6) is 0. The number of hydrogen-bond acceptors (Lipinski definition) is 3. The number of aliphatic hydroxyl groups is 1. The number of aliphatic hydroxyl groups excluding tert-OH is 1. The summed E-state index contributed by atoms with van der Waals surface area (Å²) in [6.07, 6.45) is 0.984. The molecule has 3 atom stereocenters. The van der Waals surface area contributed by atoms with Gasteiger partial charge < -0.3 is 10.4 Å². The highest BCUT2D eigenvalue weighted by Gasteiger charge is 2.29. The molecular weight excluding hydrogens is 199 g/mol. The van der Waals surface area contributed by atoms with Crippen molar-refractivity contribution in [2.24, 2.45) is 0 Å². The second-order valence-electron chi connectivity index (χ2n) is 3.22. The van der Waals surface area contributed by atoms with E-state index in [0.717, 1.165) is 32.6 Å². The Bertz CT molecular complexity index is 133.